The Kier molecular flexibility index (Phi) is 5.49. The normalized spacial score (nSPS) is 14.2. The highest BCUT2D eigenvalue weighted by Gasteiger charge is 2.20. The number of methoxy groups -OCH3 is 1. The van der Waals surface area contributed by atoms with E-state index in [0.717, 1.165) is 36.3 Å². The van der Waals surface area contributed by atoms with Gasteiger partial charge in [0.2, 0.25) is 0 Å². The van der Waals surface area contributed by atoms with E-state index < -0.39 is 17.7 Å². The summed E-state index contributed by atoms with van der Waals surface area (Å²) in [5.74, 6) is 0.216. The molecule has 1 amide bonds. The molecule has 1 aliphatic rings. The molecule has 1 heterocycles. The first-order chi connectivity index (χ1) is 11.3. The predicted molar refractivity (Wildman–Crippen MR) is 89.6 cm³/mol. The van der Waals surface area contributed by atoms with Gasteiger partial charge in [0.1, 0.15) is 17.0 Å². The van der Waals surface area contributed by atoms with Gasteiger partial charge < -0.3 is 14.2 Å². The molecule has 0 aromatic heterocycles. The van der Waals surface area contributed by atoms with Crippen molar-refractivity contribution in [1.29, 1.82) is 0 Å². The van der Waals surface area contributed by atoms with Crippen LogP contribution < -0.4 is 10.1 Å². The Labute approximate surface area is 141 Å². The number of esters is 1. The second kappa shape index (κ2) is 7.38. The lowest BCUT2D eigenvalue weighted by Gasteiger charge is -2.20. The third kappa shape index (κ3) is 5.01. The molecule has 1 aromatic carbocycles. The third-order valence-electron chi connectivity index (χ3n) is 3.28. The van der Waals surface area contributed by atoms with Crippen LogP contribution >= 0.6 is 0 Å². The smallest absolute Gasteiger partial charge is 0.412 e. The first-order valence-corrected chi connectivity index (χ1v) is 7.84. The molecule has 1 aromatic rings. The van der Waals surface area contributed by atoms with Crippen LogP contribution in [-0.2, 0) is 20.7 Å². The Morgan fingerprint density at radius 2 is 2.04 bits per heavy atom. The van der Waals surface area contributed by atoms with Gasteiger partial charge in [0, 0.05) is 0 Å². The standard InChI is InChI=1S/C18H23NO5/c1-18(2,3)24-17(21)19-14(16(20)22-4)11-12-7-8-15-13(10-12)6-5-9-23-15/h7-8,10-11H,5-6,9H2,1-4H3,(H,19,21)/b14-11-. The van der Waals surface area contributed by atoms with Crippen LogP contribution in [0, 0.1) is 0 Å². The van der Waals surface area contributed by atoms with E-state index in [9.17, 15) is 9.59 Å². The zero-order valence-corrected chi connectivity index (χ0v) is 14.5. The zero-order chi connectivity index (χ0) is 17.7. The summed E-state index contributed by atoms with van der Waals surface area (Å²) in [5.41, 5.74) is 1.21. The predicted octanol–water partition coefficient (Wildman–Crippen LogP) is 3.05. The lowest BCUT2D eigenvalue weighted by Crippen LogP contribution is -2.34. The highest BCUT2D eigenvalue weighted by molar-refractivity contribution is 5.96. The number of carbonyl (C=O) groups is 2. The van der Waals surface area contributed by atoms with E-state index in [0.29, 0.717) is 0 Å². The molecule has 6 nitrogen and oxygen atoms in total. The van der Waals surface area contributed by atoms with Crippen molar-refractivity contribution in [2.24, 2.45) is 0 Å². The molecule has 130 valence electrons. The number of hydrogen-bond acceptors (Lipinski definition) is 5. The maximum atomic E-state index is 11.9. The molecule has 1 aliphatic heterocycles. The van der Waals surface area contributed by atoms with Crippen LogP contribution in [0.2, 0.25) is 0 Å². The van der Waals surface area contributed by atoms with Crippen LogP contribution in [0.15, 0.2) is 23.9 Å². The second-order valence-corrected chi connectivity index (χ2v) is 6.50. The number of ether oxygens (including phenoxy) is 3. The minimum Gasteiger partial charge on any atom is -0.493 e. The molecule has 0 saturated carbocycles. The fourth-order valence-corrected chi connectivity index (χ4v) is 2.31. The summed E-state index contributed by atoms with van der Waals surface area (Å²) in [7, 11) is 1.26. The van der Waals surface area contributed by atoms with Crippen LogP contribution in [0.3, 0.4) is 0 Å². The van der Waals surface area contributed by atoms with Crippen LogP contribution in [0.4, 0.5) is 4.79 Å². The van der Waals surface area contributed by atoms with Gasteiger partial charge in [0.05, 0.1) is 13.7 Å². The Hall–Kier alpha value is -2.50. The number of hydrogen-bond donors (Lipinski definition) is 1. The molecule has 6 heteroatoms. The van der Waals surface area contributed by atoms with Crippen LogP contribution in [-0.4, -0.2) is 31.4 Å². The van der Waals surface area contributed by atoms with E-state index >= 15 is 0 Å². The van der Waals surface area contributed by atoms with Gasteiger partial charge in [-0.25, -0.2) is 9.59 Å². The van der Waals surface area contributed by atoms with E-state index in [1.165, 1.54) is 7.11 Å². The number of rotatable bonds is 3. The minimum atomic E-state index is -0.708. The molecule has 0 atom stereocenters. The lowest BCUT2D eigenvalue weighted by molar-refractivity contribution is -0.136. The molecule has 0 fully saturated rings. The van der Waals surface area contributed by atoms with Gasteiger partial charge >= 0.3 is 12.1 Å². The first kappa shape index (κ1) is 17.8. The molecular weight excluding hydrogens is 310 g/mol. The Morgan fingerprint density at radius 3 is 2.71 bits per heavy atom. The quantitative estimate of drug-likeness (QED) is 0.680. The van der Waals surface area contributed by atoms with Crippen molar-refractivity contribution < 1.29 is 23.8 Å². The molecule has 2 rings (SSSR count). The van der Waals surface area contributed by atoms with Gasteiger partial charge in [-0.3, -0.25) is 5.32 Å². The Morgan fingerprint density at radius 1 is 1.29 bits per heavy atom. The fraction of sp³-hybridized carbons (Fsp3) is 0.444. The number of carbonyl (C=O) groups excluding carboxylic acids is 2. The highest BCUT2D eigenvalue weighted by atomic mass is 16.6. The molecule has 0 bridgehead atoms. The summed E-state index contributed by atoms with van der Waals surface area (Å²) >= 11 is 0. The molecule has 0 saturated heterocycles. The summed E-state index contributed by atoms with van der Waals surface area (Å²) < 4.78 is 15.5. The van der Waals surface area contributed by atoms with Gasteiger partial charge in [0.15, 0.2) is 0 Å². The maximum Gasteiger partial charge on any atom is 0.412 e. The van der Waals surface area contributed by atoms with E-state index in [1.807, 2.05) is 18.2 Å². The summed E-state index contributed by atoms with van der Waals surface area (Å²) in [6.07, 6.45) is 2.73. The van der Waals surface area contributed by atoms with Crippen molar-refractivity contribution in [3.63, 3.8) is 0 Å². The number of nitrogens with one attached hydrogen (secondary N) is 1. The van der Waals surface area contributed by atoms with Gasteiger partial charge in [-0.05, 0) is 62.9 Å². The van der Waals surface area contributed by atoms with Crippen molar-refractivity contribution in [3.8, 4) is 5.75 Å². The molecular formula is C18H23NO5. The van der Waals surface area contributed by atoms with Crippen LogP contribution in [0.25, 0.3) is 6.08 Å². The van der Waals surface area contributed by atoms with E-state index in [4.69, 9.17) is 14.2 Å². The Bertz CT molecular complexity index is 658. The van der Waals surface area contributed by atoms with Gasteiger partial charge in [-0.15, -0.1) is 0 Å². The lowest BCUT2D eigenvalue weighted by atomic mass is 10.0. The van der Waals surface area contributed by atoms with Crippen molar-refractivity contribution in [2.75, 3.05) is 13.7 Å². The molecule has 1 N–H and O–H groups in total. The topological polar surface area (TPSA) is 73.9 Å². The van der Waals surface area contributed by atoms with Crippen molar-refractivity contribution in [3.05, 3.63) is 35.0 Å². The van der Waals surface area contributed by atoms with Crippen LogP contribution in [0.5, 0.6) is 5.75 Å². The molecule has 24 heavy (non-hydrogen) atoms. The number of aryl methyl sites for hydroxylation is 1. The van der Waals surface area contributed by atoms with E-state index in [-0.39, 0.29) is 5.70 Å². The summed E-state index contributed by atoms with van der Waals surface area (Å²) in [4.78, 5) is 23.8. The summed E-state index contributed by atoms with van der Waals surface area (Å²) in [6.45, 7) is 5.96. The third-order valence-corrected chi connectivity index (χ3v) is 3.28. The minimum absolute atomic E-state index is 0.0171. The average Bonchev–Trinajstić information content (AvgIpc) is 2.51. The second-order valence-electron chi connectivity index (χ2n) is 6.50. The number of alkyl carbamates (subject to hydrolysis) is 1. The van der Waals surface area contributed by atoms with Gasteiger partial charge in [-0.2, -0.15) is 0 Å². The van der Waals surface area contributed by atoms with Crippen molar-refractivity contribution >= 4 is 18.1 Å². The number of fused-ring (bicyclic) bond motifs is 1. The number of amides is 1. The molecule has 0 spiro atoms. The molecule has 0 aliphatic carbocycles. The van der Waals surface area contributed by atoms with Crippen molar-refractivity contribution in [2.45, 2.75) is 39.2 Å². The number of benzene rings is 1. The molecule has 0 radical (unpaired) electrons. The zero-order valence-electron chi connectivity index (χ0n) is 14.5. The van der Waals surface area contributed by atoms with Gasteiger partial charge in [0.25, 0.3) is 0 Å². The maximum absolute atomic E-state index is 11.9. The monoisotopic (exact) mass is 333 g/mol. The van der Waals surface area contributed by atoms with Gasteiger partial charge in [-0.1, -0.05) is 6.07 Å². The Balaban J connectivity index is 2.22. The fourth-order valence-electron chi connectivity index (χ4n) is 2.31. The average molecular weight is 333 g/mol. The van der Waals surface area contributed by atoms with E-state index in [2.05, 4.69) is 5.32 Å². The summed E-state index contributed by atoms with van der Waals surface area (Å²) in [5, 5.41) is 2.45. The first-order valence-electron chi connectivity index (χ1n) is 7.84. The van der Waals surface area contributed by atoms with Crippen molar-refractivity contribution in [1.82, 2.24) is 5.32 Å². The van der Waals surface area contributed by atoms with E-state index in [1.54, 1.807) is 26.8 Å². The summed E-state index contributed by atoms with van der Waals surface area (Å²) in [6, 6.07) is 5.63. The van der Waals surface area contributed by atoms with Crippen LogP contribution in [0.1, 0.15) is 38.3 Å². The SMILES string of the molecule is COC(=O)/C(=C/c1ccc2c(c1)CCCO2)NC(=O)OC(C)(C)C. The molecule has 0 unspecified atom stereocenters. The largest absolute Gasteiger partial charge is 0.493 e. The highest BCUT2D eigenvalue weighted by Crippen LogP contribution is 2.26.